The van der Waals surface area contributed by atoms with Crippen molar-refractivity contribution in [1.82, 2.24) is 10.6 Å². The average molecular weight is 806 g/mol. The van der Waals surface area contributed by atoms with E-state index in [1.54, 1.807) is 0 Å². The molecular formula is C16H22ClFmN2O7PS4. The Hall–Kier alpha value is -1.08. The number of nitrogens with one attached hydrogen (secondary N) is 2. The zero-order valence-electron chi connectivity index (χ0n) is 16.7. The van der Waals surface area contributed by atoms with Gasteiger partial charge in [-0.3, -0.25) is 23.2 Å². The van der Waals surface area contributed by atoms with Crippen molar-refractivity contribution >= 4 is 74.5 Å². The zero-order chi connectivity index (χ0) is 22.7. The van der Waals surface area contributed by atoms with E-state index in [4.69, 9.17) is 30.3 Å². The van der Waals surface area contributed by atoms with Gasteiger partial charge in [0.2, 0.25) is 5.91 Å². The summed E-state index contributed by atoms with van der Waals surface area (Å²) in [6.07, 6.45) is 0. The van der Waals surface area contributed by atoms with E-state index in [2.05, 4.69) is 10.6 Å². The van der Waals surface area contributed by atoms with Crippen molar-refractivity contribution in [1.29, 1.82) is 0 Å². The normalized spacial score (nSPS) is 17.7. The first-order valence-electron chi connectivity index (χ1n) is 8.84. The van der Waals surface area contributed by atoms with E-state index >= 15 is 0 Å². The van der Waals surface area contributed by atoms with Crippen LogP contribution >= 0.6 is 62.6 Å². The number of aliphatic carboxylic acids is 1. The predicted octanol–water partition coefficient (Wildman–Crippen LogP) is 3.96. The van der Waals surface area contributed by atoms with Crippen LogP contribution < -0.4 is 10.6 Å². The third-order valence-corrected chi connectivity index (χ3v) is 9.83. The molecule has 0 aromatic heterocycles. The molecule has 1 aliphatic rings. The molecule has 0 saturated heterocycles. The fourth-order valence-corrected chi connectivity index (χ4v) is 7.95. The summed E-state index contributed by atoms with van der Waals surface area (Å²) in [4.78, 5) is 24.4. The number of carboxylic acids is 1. The van der Waals surface area contributed by atoms with Gasteiger partial charge in [0.25, 0.3) is 0 Å². The Labute approximate surface area is 201 Å². The molecule has 186 valence electrons. The first kappa shape index (κ1) is 29.0. The summed E-state index contributed by atoms with van der Waals surface area (Å²) in [6, 6.07) is 3.40. The van der Waals surface area contributed by atoms with E-state index in [9.17, 15) is 14.2 Å². The number of carbonyl (C=O) groups is 2. The minimum absolute atomic E-state index is 0. The monoisotopic (exact) mass is 805 g/mol. The fraction of sp³-hybridized carbons (Fsp3) is 0.500. The van der Waals surface area contributed by atoms with Crippen molar-refractivity contribution in [2.75, 3.05) is 37.7 Å². The van der Waals surface area contributed by atoms with Gasteiger partial charge in [-0.15, -0.1) is 0 Å². The number of phosphoric acid groups is 1. The third-order valence-electron chi connectivity index (χ3n) is 3.60. The van der Waals surface area contributed by atoms with Crippen molar-refractivity contribution in [2.24, 2.45) is 0 Å². The van der Waals surface area contributed by atoms with E-state index < -0.39 is 13.8 Å². The molecule has 1 aliphatic heterocycles. The average Bonchev–Trinajstić information content (AvgIpc) is 2.87. The summed E-state index contributed by atoms with van der Waals surface area (Å²) in [6.45, 7) is 1.26. The van der Waals surface area contributed by atoms with Gasteiger partial charge in [-0.2, -0.15) is 0 Å². The number of halogens is 1. The van der Waals surface area contributed by atoms with Crippen molar-refractivity contribution in [3.63, 3.8) is 0 Å². The maximum atomic E-state index is 12.4. The molecule has 2 rings (SSSR count). The van der Waals surface area contributed by atoms with Crippen molar-refractivity contribution in [2.45, 2.75) is 23.0 Å². The molecule has 1 aromatic carbocycles. The standard InChI is InChI=1S/C16H22ClN2O7PS4.Fm/c1-18-2-3-19-15(20)8-28-30-13-4-11-6-24-27(23,26-10-17)25-7-12(11)5-14(13)31-29-9-16(21)22;/h4-5,18H,2-3,6-10H2,1H3,(H,19,20)(H,21,22);. The van der Waals surface area contributed by atoms with E-state index in [1.807, 2.05) is 19.2 Å². The number of hydrogen-bond acceptors (Lipinski definition) is 11. The Morgan fingerprint density at radius 2 is 1.69 bits per heavy atom. The summed E-state index contributed by atoms with van der Waals surface area (Å²) in [7, 11) is 3.34. The topological polar surface area (TPSA) is 123 Å². The number of carbonyl (C=O) groups excluding carboxylic acids is 1. The van der Waals surface area contributed by atoms with Crippen LogP contribution in [0.3, 0.4) is 0 Å². The molecular weight excluding hydrogens is 784 g/mol. The summed E-state index contributed by atoms with van der Waals surface area (Å²) >= 11 is 5.49. The molecule has 0 fully saturated rings. The molecule has 32 heavy (non-hydrogen) atoms. The van der Waals surface area contributed by atoms with Crippen LogP contribution in [-0.2, 0) is 40.9 Å². The molecule has 1 unspecified atom stereocenters. The van der Waals surface area contributed by atoms with Gasteiger partial charge in [0.15, 0.2) is 0 Å². The summed E-state index contributed by atoms with van der Waals surface area (Å²) in [5, 5.41) is 14.7. The van der Waals surface area contributed by atoms with Gasteiger partial charge < -0.3 is 15.7 Å². The van der Waals surface area contributed by atoms with Gasteiger partial charge in [0.1, 0.15) is 11.8 Å². The van der Waals surface area contributed by atoms with Gasteiger partial charge in [0.05, 0.1) is 19.0 Å². The van der Waals surface area contributed by atoms with Crippen LogP contribution in [0.15, 0.2) is 21.9 Å². The number of rotatable bonds is 13. The Balaban J connectivity index is 0.00000512. The Morgan fingerprint density at radius 1 is 1.12 bits per heavy atom. The molecule has 3 N–H and O–H groups in total. The third kappa shape index (κ3) is 9.82. The predicted molar refractivity (Wildman–Crippen MR) is 127 cm³/mol. The second kappa shape index (κ2) is 14.9. The molecule has 1 amide bonds. The number of alkyl halides is 1. The molecule has 0 bridgehead atoms. The Morgan fingerprint density at radius 3 is 2.19 bits per heavy atom. The van der Waals surface area contributed by atoms with Crippen LogP contribution in [0.25, 0.3) is 0 Å². The van der Waals surface area contributed by atoms with E-state index in [-0.39, 0.29) is 36.7 Å². The van der Waals surface area contributed by atoms with Crippen LogP contribution in [0, 0.1) is 0 Å². The van der Waals surface area contributed by atoms with Gasteiger partial charge >= 0.3 is 13.8 Å². The molecule has 0 saturated carbocycles. The largest absolute Gasteiger partial charge is 0.481 e. The van der Waals surface area contributed by atoms with Crippen LogP contribution in [0.1, 0.15) is 11.1 Å². The fourth-order valence-electron chi connectivity index (χ4n) is 2.18. The first-order chi connectivity index (χ1) is 14.9. The van der Waals surface area contributed by atoms with E-state index in [1.165, 1.54) is 43.2 Å². The Kier molecular flexibility index (Phi) is 13.5. The van der Waals surface area contributed by atoms with Crippen molar-refractivity contribution in [3.05, 3.63) is 23.3 Å². The van der Waals surface area contributed by atoms with Gasteiger partial charge in [0, 0.05) is 22.9 Å². The number of carboxylic acid groups (broad SMARTS) is 1. The number of likely N-dealkylation sites (N-methyl/N-ethyl adjacent to an activating group) is 1. The summed E-state index contributed by atoms with van der Waals surface area (Å²) < 4.78 is 27.9. The molecule has 0 spiro atoms. The second-order valence-electron chi connectivity index (χ2n) is 5.84. The van der Waals surface area contributed by atoms with Crippen LogP contribution in [0.2, 0.25) is 0 Å². The number of fused-ring (bicyclic) bond motifs is 1. The maximum Gasteiger partial charge on any atom is 0.476 e. The van der Waals surface area contributed by atoms with Gasteiger partial charge in [-0.1, -0.05) is 54.8 Å². The zero-order valence-corrected chi connectivity index (χ0v) is 24.1. The molecule has 1 atom stereocenters. The van der Waals surface area contributed by atoms with Gasteiger partial charge in [-0.05, 0) is 30.3 Å². The summed E-state index contributed by atoms with van der Waals surface area (Å²) in [5.74, 6) is -0.792. The molecule has 9 nitrogen and oxygen atoms in total. The Bertz CT molecular complexity index is 827. The van der Waals surface area contributed by atoms with Crippen LogP contribution in [-0.4, -0.2) is 54.7 Å². The summed E-state index contributed by atoms with van der Waals surface area (Å²) in [5.41, 5.74) is 1.53. The van der Waals surface area contributed by atoms with Crippen LogP contribution in [0.5, 0.6) is 0 Å². The molecule has 1 heterocycles. The number of hydrogen-bond donors (Lipinski definition) is 3. The number of benzene rings is 1. The number of phosphoric ester groups is 1. The van der Waals surface area contributed by atoms with Crippen LogP contribution in [0.4, 0.5) is 0 Å². The second-order valence-corrected chi connectivity index (χ2v) is 12.4. The van der Waals surface area contributed by atoms with Crippen molar-refractivity contribution < 1.29 is 32.8 Å². The quantitative estimate of drug-likeness (QED) is 0.116. The smallest absolute Gasteiger partial charge is 0.476 e. The minimum atomic E-state index is -3.74. The van der Waals surface area contributed by atoms with Gasteiger partial charge in [-0.25, -0.2) is 4.57 Å². The minimum Gasteiger partial charge on any atom is -0.481 e. The van der Waals surface area contributed by atoms with Crippen molar-refractivity contribution in [3.8, 4) is 0 Å². The molecule has 0 aliphatic carbocycles. The number of amides is 1. The molecule has 16 heteroatoms. The molecule has 0 radical (unpaired) electrons. The van der Waals surface area contributed by atoms with E-state index in [0.717, 1.165) is 20.9 Å². The SMILES string of the molecule is CNCCNC(=O)CSSc1cc2c(cc1SSCC(=O)O)COP(=O)(OCCl)OC2.[Fm]. The van der Waals surface area contributed by atoms with E-state index in [0.29, 0.717) is 13.1 Å². The first-order valence-corrected chi connectivity index (χ1v) is 15.5. The molecule has 1 aromatic rings. The maximum absolute atomic E-state index is 12.4.